The molecule has 1 aromatic carbocycles. The molecule has 8 heteroatoms. The topological polar surface area (TPSA) is 50.1 Å². The number of alkyl halides is 4. The number of hydrogen-bond acceptors (Lipinski definition) is 4. The van der Waals surface area contributed by atoms with Crippen LogP contribution in [-0.4, -0.2) is 18.6 Å². The molecule has 0 unspecified atom stereocenters. The zero-order chi connectivity index (χ0) is 14.6. The van der Waals surface area contributed by atoms with Crippen LogP contribution in [0.3, 0.4) is 0 Å². The van der Waals surface area contributed by atoms with Crippen molar-refractivity contribution in [3.8, 4) is 6.07 Å². The highest BCUT2D eigenvalue weighted by atomic mass is 79.9. The molecule has 0 aliphatic rings. The molecule has 0 saturated carbocycles. The van der Waals surface area contributed by atoms with Crippen LogP contribution < -0.4 is 0 Å². The molecule has 3 nitrogen and oxygen atoms in total. The molecule has 0 aromatic heterocycles. The molecule has 0 aliphatic carbocycles. The van der Waals surface area contributed by atoms with Gasteiger partial charge in [-0.2, -0.15) is 18.4 Å². The molecule has 0 bridgehead atoms. The number of nitrogens with zero attached hydrogens (tertiary/aromatic N) is 1. The van der Waals surface area contributed by atoms with Crippen LogP contribution in [0.15, 0.2) is 17.0 Å². The second kappa shape index (κ2) is 6.30. The van der Waals surface area contributed by atoms with Gasteiger partial charge in [0.1, 0.15) is 6.07 Å². The van der Waals surface area contributed by atoms with Crippen molar-refractivity contribution in [2.45, 2.75) is 15.7 Å². The SMILES string of the molecule is COC(=O)c1cc(CBr)c(C#N)c(SC(F)(F)F)c1. The maximum atomic E-state index is 12.4. The molecule has 0 amide bonds. The summed E-state index contributed by atoms with van der Waals surface area (Å²) in [5, 5.41) is 9.11. The second-order valence-corrected chi connectivity index (χ2v) is 4.96. The highest BCUT2D eigenvalue weighted by molar-refractivity contribution is 9.08. The van der Waals surface area contributed by atoms with E-state index in [2.05, 4.69) is 20.7 Å². The normalized spacial score (nSPS) is 10.9. The summed E-state index contributed by atoms with van der Waals surface area (Å²) < 4.78 is 41.8. The van der Waals surface area contributed by atoms with E-state index in [0.717, 1.165) is 13.2 Å². The summed E-state index contributed by atoms with van der Waals surface area (Å²) in [5.41, 5.74) is -4.36. The minimum Gasteiger partial charge on any atom is -0.465 e. The first-order valence-electron chi connectivity index (χ1n) is 4.79. The van der Waals surface area contributed by atoms with Gasteiger partial charge in [-0.1, -0.05) is 15.9 Å². The second-order valence-electron chi connectivity index (χ2n) is 3.29. The third-order valence-electron chi connectivity index (χ3n) is 2.09. The largest absolute Gasteiger partial charge is 0.465 e. The van der Waals surface area contributed by atoms with Crippen LogP contribution in [0.5, 0.6) is 0 Å². The van der Waals surface area contributed by atoms with Crippen LogP contribution in [0.25, 0.3) is 0 Å². The molecule has 1 aromatic rings. The van der Waals surface area contributed by atoms with E-state index in [0.29, 0.717) is 5.56 Å². The molecular formula is C11H7BrF3NO2S. The molecule has 1 rings (SSSR count). The molecular weight excluding hydrogens is 347 g/mol. The fourth-order valence-electron chi connectivity index (χ4n) is 1.35. The van der Waals surface area contributed by atoms with E-state index in [1.165, 1.54) is 6.07 Å². The lowest BCUT2D eigenvalue weighted by atomic mass is 10.1. The smallest absolute Gasteiger partial charge is 0.446 e. The molecule has 0 atom stereocenters. The van der Waals surface area contributed by atoms with E-state index in [1.807, 2.05) is 0 Å². The Morgan fingerprint density at radius 2 is 2.16 bits per heavy atom. The Labute approximate surface area is 119 Å². The number of carbonyl (C=O) groups excluding carboxylic acids is 1. The lowest BCUT2D eigenvalue weighted by Gasteiger charge is -2.11. The van der Waals surface area contributed by atoms with Crippen molar-refractivity contribution in [1.29, 1.82) is 5.26 Å². The third kappa shape index (κ3) is 4.14. The van der Waals surface area contributed by atoms with Crippen LogP contribution >= 0.6 is 27.7 Å². The van der Waals surface area contributed by atoms with E-state index in [1.54, 1.807) is 6.07 Å². The van der Waals surface area contributed by atoms with Gasteiger partial charge in [0, 0.05) is 10.2 Å². The Balaban J connectivity index is 3.41. The highest BCUT2D eigenvalue weighted by Crippen LogP contribution is 2.40. The predicted molar refractivity (Wildman–Crippen MR) is 67.0 cm³/mol. The van der Waals surface area contributed by atoms with Crippen molar-refractivity contribution < 1.29 is 22.7 Å². The Kier molecular flexibility index (Phi) is 5.26. The molecule has 0 fully saturated rings. The van der Waals surface area contributed by atoms with Gasteiger partial charge in [-0.3, -0.25) is 0 Å². The Bertz CT molecular complexity index is 540. The van der Waals surface area contributed by atoms with E-state index in [-0.39, 0.29) is 21.4 Å². The zero-order valence-corrected chi connectivity index (χ0v) is 11.9. The van der Waals surface area contributed by atoms with E-state index in [9.17, 15) is 18.0 Å². The third-order valence-corrected chi connectivity index (χ3v) is 3.46. The van der Waals surface area contributed by atoms with Crippen molar-refractivity contribution in [2.24, 2.45) is 0 Å². The van der Waals surface area contributed by atoms with Crippen LogP contribution in [0.1, 0.15) is 21.5 Å². The predicted octanol–water partition coefficient (Wildman–Crippen LogP) is 3.85. The molecule has 19 heavy (non-hydrogen) atoms. The Morgan fingerprint density at radius 1 is 1.53 bits per heavy atom. The number of ether oxygens (including phenoxy) is 1. The Morgan fingerprint density at radius 3 is 2.58 bits per heavy atom. The minimum atomic E-state index is -4.54. The summed E-state index contributed by atoms with van der Waals surface area (Å²) in [4.78, 5) is 11.1. The standard InChI is InChI=1S/C11H7BrF3NO2S/c1-18-10(17)6-2-7(4-12)8(5-16)9(3-6)19-11(13,14)15/h2-3H,4H2,1H3. The van der Waals surface area contributed by atoms with Gasteiger partial charge in [-0.05, 0) is 29.5 Å². The van der Waals surface area contributed by atoms with Crippen LogP contribution in [0, 0.1) is 11.3 Å². The first-order valence-corrected chi connectivity index (χ1v) is 6.73. The van der Waals surface area contributed by atoms with Gasteiger partial charge in [0.2, 0.25) is 0 Å². The highest BCUT2D eigenvalue weighted by Gasteiger charge is 2.31. The molecule has 0 aliphatic heterocycles. The quantitative estimate of drug-likeness (QED) is 0.470. The number of esters is 1. The van der Waals surface area contributed by atoms with Gasteiger partial charge in [0.25, 0.3) is 0 Å². The summed E-state index contributed by atoms with van der Waals surface area (Å²) in [5.74, 6) is -0.754. The van der Waals surface area contributed by atoms with Gasteiger partial charge in [-0.15, -0.1) is 0 Å². The maximum absolute atomic E-state index is 12.4. The fourth-order valence-corrected chi connectivity index (χ4v) is 2.50. The summed E-state index contributed by atoms with van der Waals surface area (Å²) in [6.07, 6.45) is 0. The van der Waals surface area contributed by atoms with E-state index >= 15 is 0 Å². The van der Waals surface area contributed by atoms with E-state index in [4.69, 9.17) is 5.26 Å². The number of thioether (sulfide) groups is 1. The molecule has 0 N–H and O–H groups in total. The first-order chi connectivity index (χ1) is 8.82. The average molecular weight is 354 g/mol. The van der Waals surface area contributed by atoms with Crippen molar-refractivity contribution >= 4 is 33.7 Å². The molecule has 102 valence electrons. The number of nitriles is 1. The average Bonchev–Trinajstić information content (AvgIpc) is 2.34. The first kappa shape index (κ1) is 15.9. The van der Waals surface area contributed by atoms with Gasteiger partial charge < -0.3 is 4.74 Å². The fraction of sp³-hybridized carbons (Fsp3) is 0.273. The summed E-state index contributed by atoms with van der Waals surface area (Å²) >= 11 is 2.65. The van der Waals surface area contributed by atoms with Crippen molar-refractivity contribution in [1.82, 2.24) is 0 Å². The number of hydrogen-bond donors (Lipinski definition) is 0. The number of methoxy groups -OCH3 is 1. The van der Waals surface area contributed by atoms with Gasteiger partial charge in [0.15, 0.2) is 0 Å². The monoisotopic (exact) mass is 353 g/mol. The van der Waals surface area contributed by atoms with Gasteiger partial charge in [0.05, 0.1) is 18.2 Å². The number of rotatable bonds is 3. The summed E-state index contributed by atoms with van der Waals surface area (Å²) in [7, 11) is 1.13. The van der Waals surface area contributed by atoms with Crippen molar-refractivity contribution in [2.75, 3.05) is 7.11 Å². The van der Waals surface area contributed by atoms with E-state index < -0.39 is 23.2 Å². The number of benzene rings is 1. The lowest BCUT2D eigenvalue weighted by Crippen LogP contribution is -2.06. The van der Waals surface area contributed by atoms with Crippen LogP contribution in [-0.2, 0) is 10.1 Å². The molecule has 0 saturated heterocycles. The van der Waals surface area contributed by atoms with Gasteiger partial charge >= 0.3 is 11.5 Å². The van der Waals surface area contributed by atoms with Gasteiger partial charge in [-0.25, -0.2) is 4.79 Å². The van der Waals surface area contributed by atoms with Crippen LogP contribution in [0.2, 0.25) is 0 Å². The van der Waals surface area contributed by atoms with Crippen molar-refractivity contribution in [3.05, 3.63) is 28.8 Å². The van der Waals surface area contributed by atoms with Crippen LogP contribution in [0.4, 0.5) is 13.2 Å². The molecule has 0 heterocycles. The number of carbonyl (C=O) groups is 1. The zero-order valence-electron chi connectivity index (χ0n) is 9.55. The van der Waals surface area contributed by atoms with Crippen molar-refractivity contribution in [3.63, 3.8) is 0 Å². The summed E-state index contributed by atoms with van der Waals surface area (Å²) in [6.45, 7) is 0. The molecule has 0 radical (unpaired) electrons. The minimum absolute atomic E-state index is 0.0253. The lowest BCUT2D eigenvalue weighted by molar-refractivity contribution is -0.0328. The summed E-state index contributed by atoms with van der Waals surface area (Å²) in [6, 6.07) is 4.06. The number of halogens is 4. The maximum Gasteiger partial charge on any atom is 0.446 e. The molecule has 0 spiro atoms. The Hall–Kier alpha value is -1.20.